The minimum atomic E-state index is -0.911. The zero-order valence-electron chi connectivity index (χ0n) is 18.1. The van der Waals surface area contributed by atoms with Gasteiger partial charge in [-0.15, -0.1) is 11.3 Å². The monoisotopic (exact) mass is 436 g/mol. The topological polar surface area (TPSA) is 87.0 Å². The van der Waals surface area contributed by atoms with Crippen LogP contribution in [0.5, 0.6) is 0 Å². The molecule has 1 heterocycles. The maximum absolute atomic E-state index is 11.1. The number of carbonyl (C=O) groups excluding carboxylic acids is 1. The van der Waals surface area contributed by atoms with Crippen molar-refractivity contribution in [2.75, 3.05) is 7.11 Å². The summed E-state index contributed by atoms with van der Waals surface area (Å²) in [5.74, 6) is -0.462. The molecule has 0 spiro atoms. The first kappa shape index (κ1) is 24.8. The van der Waals surface area contributed by atoms with Crippen LogP contribution in [0, 0.1) is 11.8 Å². The fraction of sp³-hybridized carbons (Fsp3) is 0.625. The summed E-state index contributed by atoms with van der Waals surface area (Å²) in [4.78, 5) is 12.4. The zero-order chi connectivity index (χ0) is 22.0. The number of aryl methyl sites for hydroxylation is 1. The number of carbonyl (C=O) groups is 1. The van der Waals surface area contributed by atoms with Gasteiger partial charge < -0.3 is 20.1 Å². The second-order valence-electron chi connectivity index (χ2n) is 8.18. The van der Waals surface area contributed by atoms with E-state index in [1.54, 1.807) is 11.3 Å². The summed E-state index contributed by atoms with van der Waals surface area (Å²) >= 11 is 1.69. The van der Waals surface area contributed by atoms with Gasteiger partial charge in [-0.25, -0.2) is 0 Å². The highest BCUT2D eigenvalue weighted by Gasteiger charge is 2.39. The lowest BCUT2D eigenvalue weighted by Gasteiger charge is -2.25. The molecule has 168 valence electrons. The van der Waals surface area contributed by atoms with Gasteiger partial charge in [0.2, 0.25) is 0 Å². The number of hydrogen-bond acceptors (Lipinski definition) is 6. The second-order valence-corrected chi connectivity index (χ2v) is 9.21. The predicted molar refractivity (Wildman–Crippen MR) is 120 cm³/mol. The van der Waals surface area contributed by atoms with E-state index in [4.69, 9.17) is 0 Å². The van der Waals surface area contributed by atoms with Crippen LogP contribution in [0.25, 0.3) is 0 Å². The summed E-state index contributed by atoms with van der Waals surface area (Å²) in [6.45, 7) is 1.97. The van der Waals surface area contributed by atoms with E-state index in [0.717, 1.165) is 19.3 Å². The SMILES string of the molecule is CC[C@@](O)(/C=C/[C@@H]1[C@@H](C/C=C\CCCC(=O)OC)[C@@H](O)C[C@H]1O)CCc1cccs1. The van der Waals surface area contributed by atoms with Crippen molar-refractivity contribution in [3.63, 3.8) is 0 Å². The minimum absolute atomic E-state index is 0.0773. The molecule has 30 heavy (non-hydrogen) atoms. The van der Waals surface area contributed by atoms with Gasteiger partial charge in [0.15, 0.2) is 0 Å². The van der Waals surface area contributed by atoms with Crippen LogP contribution in [0.4, 0.5) is 0 Å². The van der Waals surface area contributed by atoms with Gasteiger partial charge in [-0.3, -0.25) is 4.79 Å². The Morgan fingerprint density at radius 2 is 2.13 bits per heavy atom. The van der Waals surface area contributed by atoms with Crippen LogP contribution in [0.2, 0.25) is 0 Å². The Morgan fingerprint density at radius 3 is 2.80 bits per heavy atom. The van der Waals surface area contributed by atoms with Crippen LogP contribution in [-0.2, 0) is 16.0 Å². The lowest BCUT2D eigenvalue weighted by Crippen LogP contribution is -2.27. The summed E-state index contributed by atoms with van der Waals surface area (Å²) in [6, 6.07) is 4.10. The van der Waals surface area contributed by atoms with Gasteiger partial charge in [0, 0.05) is 23.6 Å². The number of unbranched alkanes of at least 4 members (excludes halogenated alkanes) is 1. The fourth-order valence-electron chi connectivity index (χ4n) is 4.01. The third kappa shape index (κ3) is 7.65. The van der Waals surface area contributed by atoms with Crippen LogP contribution < -0.4 is 0 Å². The Morgan fingerprint density at radius 1 is 1.33 bits per heavy atom. The smallest absolute Gasteiger partial charge is 0.305 e. The number of thiophene rings is 1. The van der Waals surface area contributed by atoms with E-state index in [1.807, 2.05) is 42.7 Å². The summed E-state index contributed by atoms with van der Waals surface area (Å²) in [5, 5.41) is 33.9. The minimum Gasteiger partial charge on any atom is -0.469 e. The quantitative estimate of drug-likeness (QED) is 0.262. The molecular formula is C24H36O5S. The number of esters is 1. The van der Waals surface area contributed by atoms with Crippen molar-refractivity contribution in [1.29, 1.82) is 0 Å². The lowest BCUT2D eigenvalue weighted by atomic mass is 9.86. The molecule has 5 nitrogen and oxygen atoms in total. The van der Waals surface area contributed by atoms with E-state index in [2.05, 4.69) is 10.8 Å². The molecule has 0 unspecified atom stereocenters. The van der Waals surface area contributed by atoms with Crippen molar-refractivity contribution in [2.45, 2.75) is 76.1 Å². The Kier molecular flexibility index (Phi) is 10.2. The number of allylic oxidation sites excluding steroid dienone is 2. The zero-order valence-corrected chi connectivity index (χ0v) is 18.9. The molecule has 2 rings (SSSR count). The van der Waals surface area contributed by atoms with Crippen molar-refractivity contribution in [1.82, 2.24) is 0 Å². The molecule has 1 saturated carbocycles. The third-order valence-corrected chi connectivity index (χ3v) is 7.03. The van der Waals surface area contributed by atoms with Gasteiger partial charge >= 0.3 is 5.97 Å². The van der Waals surface area contributed by atoms with Crippen LogP contribution >= 0.6 is 11.3 Å². The Bertz CT molecular complexity index is 684. The van der Waals surface area contributed by atoms with Crippen molar-refractivity contribution < 1.29 is 24.9 Å². The average Bonchev–Trinajstić information content (AvgIpc) is 3.35. The van der Waals surface area contributed by atoms with Gasteiger partial charge in [-0.05, 0) is 55.9 Å². The fourth-order valence-corrected chi connectivity index (χ4v) is 4.72. The van der Waals surface area contributed by atoms with E-state index >= 15 is 0 Å². The van der Waals surface area contributed by atoms with Crippen molar-refractivity contribution in [2.24, 2.45) is 11.8 Å². The largest absolute Gasteiger partial charge is 0.469 e. The number of aliphatic hydroxyl groups is 3. The normalized spacial score (nSPS) is 26.4. The molecule has 0 bridgehead atoms. The molecular weight excluding hydrogens is 400 g/mol. The summed E-state index contributed by atoms with van der Waals surface area (Å²) in [6.07, 6.45) is 11.6. The van der Waals surface area contributed by atoms with E-state index in [1.165, 1.54) is 12.0 Å². The highest BCUT2D eigenvalue weighted by atomic mass is 32.1. The van der Waals surface area contributed by atoms with Crippen LogP contribution in [0.3, 0.4) is 0 Å². The molecule has 0 saturated heterocycles. The van der Waals surface area contributed by atoms with Crippen LogP contribution in [0.15, 0.2) is 41.8 Å². The Balaban J connectivity index is 1.91. The Hall–Kier alpha value is -1.47. The highest BCUT2D eigenvalue weighted by molar-refractivity contribution is 7.09. The highest BCUT2D eigenvalue weighted by Crippen LogP contribution is 2.37. The molecule has 0 radical (unpaired) electrons. The summed E-state index contributed by atoms with van der Waals surface area (Å²) < 4.78 is 4.63. The molecule has 0 amide bonds. The van der Waals surface area contributed by atoms with Gasteiger partial charge in [0.1, 0.15) is 0 Å². The third-order valence-electron chi connectivity index (χ3n) is 6.10. The summed E-state index contributed by atoms with van der Waals surface area (Å²) in [7, 11) is 1.39. The maximum Gasteiger partial charge on any atom is 0.305 e. The molecule has 0 aliphatic heterocycles. The molecule has 3 N–H and O–H groups in total. The number of aliphatic hydroxyl groups excluding tert-OH is 2. The first-order chi connectivity index (χ1) is 14.4. The maximum atomic E-state index is 11.1. The molecule has 1 aromatic rings. The predicted octanol–water partition coefficient (Wildman–Crippen LogP) is 4.03. The van der Waals surface area contributed by atoms with Gasteiger partial charge in [-0.2, -0.15) is 0 Å². The van der Waals surface area contributed by atoms with Crippen molar-refractivity contribution >= 4 is 17.3 Å². The molecule has 1 aromatic heterocycles. The molecule has 6 heteroatoms. The van der Waals surface area contributed by atoms with Gasteiger partial charge in [0.25, 0.3) is 0 Å². The van der Waals surface area contributed by atoms with Crippen LogP contribution in [0.1, 0.15) is 56.7 Å². The van der Waals surface area contributed by atoms with Gasteiger partial charge in [0.05, 0.1) is 24.9 Å². The van der Waals surface area contributed by atoms with E-state index in [-0.39, 0.29) is 17.8 Å². The molecule has 1 aliphatic carbocycles. The van der Waals surface area contributed by atoms with E-state index < -0.39 is 17.8 Å². The number of hydrogen-bond donors (Lipinski definition) is 3. The summed E-state index contributed by atoms with van der Waals surface area (Å²) in [5.41, 5.74) is -0.911. The molecule has 1 fully saturated rings. The van der Waals surface area contributed by atoms with Gasteiger partial charge in [-0.1, -0.05) is 37.3 Å². The van der Waals surface area contributed by atoms with Crippen molar-refractivity contribution in [3.05, 3.63) is 46.7 Å². The molecule has 1 aliphatic rings. The first-order valence-corrected chi connectivity index (χ1v) is 11.8. The Labute approximate surface area is 184 Å². The number of ether oxygens (including phenoxy) is 1. The number of rotatable bonds is 12. The van der Waals surface area contributed by atoms with E-state index in [0.29, 0.717) is 32.1 Å². The second kappa shape index (κ2) is 12.4. The van der Waals surface area contributed by atoms with Crippen molar-refractivity contribution in [3.8, 4) is 0 Å². The van der Waals surface area contributed by atoms with Crippen LogP contribution in [-0.4, -0.2) is 46.2 Å². The standard InChI is InChI=1S/C24H36O5S/c1-3-24(28,14-12-18-9-8-16-30-18)15-13-20-19(21(25)17-22(20)26)10-6-4-5-7-11-23(27)29-2/h4,6,8-9,13,15-16,19-22,25-26,28H,3,5,7,10-12,14,17H2,1-2H3/b6-4-,15-13+/t19-,20-,21+,22-,24+/m1/s1. The molecule has 5 atom stereocenters. The lowest BCUT2D eigenvalue weighted by molar-refractivity contribution is -0.140. The average molecular weight is 437 g/mol. The van der Waals surface area contributed by atoms with E-state index in [9.17, 15) is 20.1 Å². The molecule has 0 aromatic carbocycles. The first-order valence-electron chi connectivity index (χ1n) is 10.9. The number of methoxy groups -OCH3 is 1.